The maximum absolute atomic E-state index is 9.14. The van der Waals surface area contributed by atoms with Crippen molar-refractivity contribution < 1.29 is 4.52 Å². The molecule has 0 amide bonds. The molecule has 0 unspecified atom stereocenters. The van der Waals surface area contributed by atoms with E-state index in [1.807, 2.05) is 6.07 Å². The van der Waals surface area contributed by atoms with Crippen LogP contribution in [0.3, 0.4) is 0 Å². The maximum Gasteiger partial charge on any atom is 0.276 e. The predicted molar refractivity (Wildman–Crippen MR) is 81.5 cm³/mol. The van der Waals surface area contributed by atoms with E-state index in [4.69, 9.17) is 15.0 Å². The van der Waals surface area contributed by atoms with Crippen LogP contribution in [0.15, 0.2) is 29.2 Å². The van der Waals surface area contributed by atoms with E-state index in [0.717, 1.165) is 12.8 Å². The largest absolute Gasteiger partial charge is 0.332 e. The van der Waals surface area contributed by atoms with Crippen LogP contribution in [0.4, 0.5) is 0 Å². The van der Waals surface area contributed by atoms with Crippen molar-refractivity contribution >= 4 is 0 Å². The number of aromatic nitrogens is 6. The van der Waals surface area contributed by atoms with Gasteiger partial charge in [0.1, 0.15) is 17.8 Å². The summed E-state index contributed by atoms with van der Waals surface area (Å²) in [6, 6.07) is 3.48. The van der Waals surface area contributed by atoms with Crippen LogP contribution in [0.5, 0.6) is 0 Å². The Morgan fingerprint density at radius 2 is 2.20 bits per heavy atom. The van der Waals surface area contributed by atoms with Gasteiger partial charge < -0.3 is 4.52 Å². The molecule has 1 saturated heterocycles. The van der Waals surface area contributed by atoms with Gasteiger partial charge in [-0.25, -0.2) is 14.6 Å². The Balaban J connectivity index is 1.64. The molecule has 10 nitrogen and oxygen atoms in total. The van der Waals surface area contributed by atoms with E-state index in [-0.39, 0.29) is 11.9 Å². The molecule has 0 bridgehead atoms. The van der Waals surface area contributed by atoms with Gasteiger partial charge in [-0.2, -0.15) is 20.6 Å². The normalized spacial score (nSPS) is 16.6. The van der Waals surface area contributed by atoms with E-state index in [9.17, 15) is 0 Å². The van der Waals surface area contributed by atoms with Gasteiger partial charge in [-0.15, -0.1) is 0 Å². The average molecular weight is 333 g/mol. The third-order valence-electron chi connectivity index (χ3n) is 3.90. The van der Waals surface area contributed by atoms with Crippen molar-refractivity contribution in [3.05, 3.63) is 36.0 Å². The number of nitrogens with zero attached hydrogens (tertiary/aromatic N) is 9. The van der Waals surface area contributed by atoms with Crippen LogP contribution in [0, 0.1) is 22.8 Å². The summed E-state index contributed by atoms with van der Waals surface area (Å²) < 4.78 is 6.70. The first-order valence-electron chi connectivity index (χ1n) is 7.57. The highest BCUT2D eigenvalue weighted by atomic mass is 16.5. The van der Waals surface area contributed by atoms with Crippen molar-refractivity contribution in [2.75, 3.05) is 6.54 Å². The third kappa shape index (κ3) is 2.66. The second kappa shape index (κ2) is 6.02. The molecule has 0 aromatic carbocycles. The molecule has 0 N–H and O–H groups in total. The first-order chi connectivity index (χ1) is 12.3. The van der Waals surface area contributed by atoms with Crippen molar-refractivity contribution in [2.24, 2.45) is 0 Å². The molecule has 4 rings (SSSR count). The molecule has 0 radical (unpaired) electrons. The first-order valence-corrected chi connectivity index (χ1v) is 7.57. The Bertz CT molecular complexity index is 993. The molecule has 0 saturated carbocycles. The number of hydrogen-bond donors (Lipinski definition) is 0. The average Bonchev–Trinajstić information content (AvgIpc) is 3.41. The van der Waals surface area contributed by atoms with Gasteiger partial charge in [-0.1, -0.05) is 5.16 Å². The topological polar surface area (TPSA) is 133 Å². The molecule has 25 heavy (non-hydrogen) atoms. The first kappa shape index (κ1) is 14.8. The Morgan fingerprint density at radius 1 is 1.28 bits per heavy atom. The van der Waals surface area contributed by atoms with Crippen molar-refractivity contribution in [3.63, 3.8) is 0 Å². The van der Waals surface area contributed by atoms with Gasteiger partial charge in [0.15, 0.2) is 12.0 Å². The lowest BCUT2D eigenvalue weighted by Crippen LogP contribution is -2.17. The second-order valence-electron chi connectivity index (χ2n) is 5.44. The quantitative estimate of drug-likeness (QED) is 0.648. The van der Waals surface area contributed by atoms with Crippen molar-refractivity contribution in [1.82, 2.24) is 34.8 Å². The summed E-state index contributed by atoms with van der Waals surface area (Å²) in [6.45, 7) is 0.698. The van der Waals surface area contributed by atoms with Crippen LogP contribution in [-0.2, 0) is 0 Å². The molecule has 0 spiro atoms. The summed E-state index contributed by atoms with van der Waals surface area (Å²) in [7, 11) is 0. The van der Waals surface area contributed by atoms with Crippen molar-refractivity contribution in [2.45, 2.75) is 18.9 Å². The predicted octanol–water partition coefficient (Wildman–Crippen LogP) is 1.20. The smallest absolute Gasteiger partial charge is 0.276 e. The second-order valence-corrected chi connectivity index (χ2v) is 5.44. The molecule has 4 heterocycles. The molecular weight excluding hydrogens is 322 g/mol. The fourth-order valence-corrected chi connectivity index (χ4v) is 2.70. The summed E-state index contributed by atoms with van der Waals surface area (Å²) >= 11 is 0. The lowest BCUT2D eigenvalue weighted by Gasteiger charge is -2.13. The summed E-state index contributed by atoms with van der Waals surface area (Å²) in [5.41, 5.74) is 0.853. The highest BCUT2D eigenvalue weighted by Gasteiger charge is 2.29. The SMILES string of the molecule is N#Cc1cnn(-c2nccc(-c3nc([C@@H]4CCCN4C#N)no3)n2)c1. The maximum atomic E-state index is 9.14. The van der Waals surface area contributed by atoms with Gasteiger partial charge in [0.25, 0.3) is 11.8 Å². The highest BCUT2D eigenvalue weighted by Crippen LogP contribution is 2.30. The van der Waals surface area contributed by atoms with Gasteiger partial charge in [0, 0.05) is 12.7 Å². The van der Waals surface area contributed by atoms with Crippen LogP contribution in [0.2, 0.25) is 0 Å². The van der Waals surface area contributed by atoms with E-state index in [2.05, 4.69) is 31.4 Å². The summed E-state index contributed by atoms with van der Waals surface area (Å²) in [6.07, 6.45) is 8.38. The van der Waals surface area contributed by atoms with Gasteiger partial charge in [-0.3, -0.25) is 4.90 Å². The van der Waals surface area contributed by atoms with Crippen LogP contribution in [-0.4, -0.2) is 41.3 Å². The molecule has 3 aromatic heterocycles. The van der Waals surface area contributed by atoms with Crippen molar-refractivity contribution in [1.29, 1.82) is 10.5 Å². The lowest BCUT2D eigenvalue weighted by atomic mass is 10.2. The van der Waals surface area contributed by atoms with E-state index < -0.39 is 0 Å². The van der Waals surface area contributed by atoms with Gasteiger partial charge in [-0.05, 0) is 18.9 Å². The van der Waals surface area contributed by atoms with Gasteiger partial charge in [0.2, 0.25) is 0 Å². The molecule has 0 aliphatic carbocycles. The minimum Gasteiger partial charge on any atom is -0.332 e. The van der Waals surface area contributed by atoms with Crippen LogP contribution in [0.1, 0.15) is 30.3 Å². The van der Waals surface area contributed by atoms with E-state index in [1.165, 1.54) is 17.1 Å². The van der Waals surface area contributed by atoms with Gasteiger partial charge >= 0.3 is 0 Å². The third-order valence-corrected chi connectivity index (χ3v) is 3.90. The molecule has 1 aliphatic heterocycles. The lowest BCUT2D eigenvalue weighted by molar-refractivity contribution is 0.339. The van der Waals surface area contributed by atoms with E-state index in [0.29, 0.717) is 29.6 Å². The van der Waals surface area contributed by atoms with Crippen LogP contribution >= 0.6 is 0 Å². The minimum absolute atomic E-state index is 0.159. The molecule has 10 heteroatoms. The van der Waals surface area contributed by atoms with Crippen LogP contribution < -0.4 is 0 Å². The Kier molecular flexibility index (Phi) is 3.56. The Hall–Kier alpha value is -3.79. The molecule has 122 valence electrons. The monoisotopic (exact) mass is 333 g/mol. The molecule has 1 aliphatic rings. The Labute approximate surface area is 142 Å². The highest BCUT2D eigenvalue weighted by molar-refractivity contribution is 5.46. The number of likely N-dealkylation sites (tertiary alicyclic amines) is 1. The molecular formula is C15H11N9O. The summed E-state index contributed by atoms with van der Waals surface area (Å²) in [5, 5.41) is 26.0. The number of nitriles is 2. The zero-order valence-corrected chi connectivity index (χ0v) is 12.9. The van der Waals surface area contributed by atoms with Crippen molar-refractivity contribution in [3.8, 4) is 29.8 Å². The number of hydrogen-bond acceptors (Lipinski definition) is 9. The summed E-state index contributed by atoms with van der Waals surface area (Å²) in [5.74, 6) is 1.01. The zero-order valence-electron chi connectivity index (χ0n) is 12.9. The van der Waals surface area contributed by atoms with Gasteiger partial charge in [0.05, 0.1) is 18.0 Å². The number of rotatable bonds is 3. The standard InChI is InChI=1S/C15H11N9O/c16-6-10-7-19-24(8-10)15-18-4-3-11(20-15)14-21-13(22-25-14)12-2-1-5-23(12)9-17/h3-4,7-8,12H,1-2,5H2/t12-/m0/s1. The van der Waals surface area contributed by atoms with E-state index in [1.54, 1.807) is 17.2 Å². The molecule has 1 atom stereocenters. The zero-order chi connectivity index (χ0) is 17.2. The summed E-state index contributed by atoms with van der Waals surface area (Å²) in [4.78, 5) is 14.5. The molecule has 3 aromatic rings. The Morgan fingerprint density at radius 3 is 3.00 bits per heavy atom. The fourth-order valence-electron chi connectivity index (χ4n) is 2.70. The molecule has 1 fully saturated rings. The fraction of sp³-hybridized carbons (Fsp3) is 0.267. The van der Waals surface area contributed by atoms with E-state index >= 15 is 0 Å². The minimum atomic E-state index is -0.159. The van der Waals surface area contributed by atoms with Crippen LogP contribution in [0.25, 0.3) is 17.5 Å².